The molecular formula is C9H13N7O6S. The van der Waals surface area contributed by atoms with Gasteiger partial charge >= 0.3 is 16.4 Å². The van der Waals surface area contributed by atoms with Crippen molar-refractivity contribution in [1.82, 2.24) is 19.9 Å². The van der Waals surface area contributed by atoms with Crippen LogP contribution in [-0.4, -0.2) is 57.9 Å². The van der Waals surface area contributed by atoms with Gasteiger partial charge in [-0.05, 0) is 0 Å². The zero-order valence-corrected chi connectivity index (χ0v) is 12.3. The van der Waals surface area contributed by atoms with Crippen LogP contribution in [0.25, 0.3) is 0 Å². The molecule has 14 heteroatoms. The molecule has 2 bridgehead atoms. The van der Waals surface area contributed by atoms with Crippen molar-refractivity contribution in [2.24, 2.45) is 11.5 Å². The molecule has 3 amide bonds. The Morgan fingerprint density at radius 2 is 2.13 bits per heavy atom. The summed E-state index contributed by atoms with van der Waals surface area (Å²) >= 11 is 0. The number of hydroxylamine groups is 2. The summed E-state index contributed by atoms with van der Waals surface area (Å²) in [7, 11) is -4.96. The van der Waals surface area contributed by atoms with Gasteiger partial charge in [0.15, 0.2) is 5.69 Å². The largest absolute Gasteiger partial charge is 0.418 e. The third kappa shape index (κ3) is 2.19. The summed E-state index contributed by atoms with van der Waals surface area (Å²) < 4.78 is 35.1. The Bertz CT molecular complexity index is 804. The van der Waals surface area contributed by atoms with Gasteiger partial charge in [0.1, 0.15) is 6.04 Å². The molecule has 2 aliphatic rings. The lowest BCUT2D eigenvalue weighted by Crippen LogP contribution is -2.38. The maximum absolute atomic E-state index is 12.3. The summed E-state index contributed by atoms with van der Waals surface area (Å²) in [6, 6.07) is -2.63. The molecule has 0 saturated carbocycles. The fourth-order valence-electron chi connectivity index (χ4n) is 2.92. The second kappa shape index (κ2) is 4.79. The van der Waals surface area contributed by atoms with Crippen LogP contribution in [0, 0.1) is 0 Å². The highest BCUT2D eigenvalue weighted by Crippen LogP contribution is 2.44. The first-order valence-corrected chi connectivity index (χ1v) is 7.66. The van der Waals surface area contributed by atoms with E-state index in [9.17, 15) is 18.0 Å². The number of nitrogens with two attached hydrogens (primary N) is 3. The van der Waals surface area contributed by atoms with Crippen molar-refractivity contribution in [2.45, 2.75) is 12.1 Å². The molecule has 0 aromatic carbocycles. The van der Waals surface area contributed by atoms with Crippen LogP contribution in [0.2, 0.25) is 0 Å². The molecular weight excluding hydrogens is 334 g/mol. The van der Waals surface area contributed by atoms with Gasteiger partial charge in [-0.2, -0.15) is 23.4 Å². The molecule has 1 fully saturated rings. The molecule has 0 unspecified atom stereocenters. The predicted octanol–water partition coefficient (Wildman–Crippen LogP) is -2.78. The molecule has 126 valence electrons. The summed E-state index contributed by atoms with van der Waals surface area (Å²) in [6.45, 7) is -0.0877. The molecule has 23 heavy (non-hydrogen) atoms. The number of hydrogen-bond donors (Lipinski definition) is 4. The number of urea groups is 1. The van der Waals surface area contributed by atoms with Crippen molar-refractivity contribution in [3.8, 4) is 0 Å². The van der Waals surface area contributed by atoms with Gasteiger partial charge < -0.3 is 22.2 Å². The van der Waals surface area contributed by atoms with Gasteiger partial charge in [-0.25, -0.2) is 4.79 Å². The first-order valence-electron chi connectivity index (χ1n) is 6.30. The van der Waals surface area contributed by atoms with Crippen LogP contribution in [0.5, 0.6) is 0 Å². The Labute approximate surface area is 129 Å². The van der Waals surface area contributed by atoms with Crippen LogP contribution < -0.4 is 17.3 Å². The highest BCUT2D eigenvalue weighted by molar-refractivity contribution is 7.80. The molecule has 1 aromatic rings. The lowest BCUT2D eigenvalue weighted by Gasteiger charge is -2.28. The summed E-state index contributed by atoms with van der Waals surface area (Å²) in [5, 5.41) is 4.38. The Balaban J connectivity index is 2.18. The molecule has 2 atom stereocenters. The normalized spacial score (nSPS) is 23.3. The lowest BCUT2D eigenvalue weighted by atomic mass is 9.95. The molecule has 13 nitrogen and oxygen atoms in total. The fraction of sp³-hybridized carbons (Fsp3) is 0.444. The van der Waals surface area contributed by atoms with Crippen molar-refractivity contribution >= 4 is 22.3 Å². The minimum atomic E-state index is -4.96. The standard InChI is InChI=1S/C9H13N7O6S/c10-1-3-6-5(7(8(11)17)16(12)13-6)4-2-14(3)9(18)15(4)22-23(19,20)21/h3-4H,1-2,10,12H2,(H2,11,17)(H,19,20,21)/t3-,4-/m1/s1. The van der Waals surface area contributed by atoms with E-state index in [1.54, 1.807) is 0 Å². The molecule has 0 radical (unpaired) electrons. The van der Waals surface area contributed by atoms with E-state index in [0.29, 0.717) is 5.06 Å². The first-order chi connectivity index (χ1) is 10.7. The van der Waals surface area contributed by atoms with Crippen molar-refractivity contribution in [3.63, 3.8) is 0 Å². The average molecular weight is 347 g/mol. The number of carbonyl (C=O) groups excluding carboxylic acids is 2. The molecule has 7 N–H and O–H groups in total. The smallest absolute Gasteiger partial charge is 0.364 e. The van der Waals surface area contributed by atoms with Gasteiger partial charge in [0.2, 0.25) is 0 Å². The Kier molecular flexibility index (Phi) is 3.22. The second-order valence-electron chi connectivity index (χ2n) is 4.99. The minimum Gasteiger partial charge on any atom is -0.364 e. The molecule has 1 aromatic heterocycles. The van der Waals surface area contributed by atoms with Gasteiger partial charge in [-0.3, -0.25) is 9.35 Å². The van der Waals surface area contributed by atoms with Crippen LogP contribution in [0.3, 0.4) is 0 Å². The number of aromatic nitrogens is 2. The van der Waals surface area contributed by atoms with E-state index in [4.69, 9.17) is 21.9 Å². The van der Waals surface area contributed by atoms with Crippen LogP contribution >= 0.6 is 0 Å². The number of hydrogen-bond acceptors (Lipinski definition) is 8. The van der Waals surface area contributed by atoms with E-state index >= 15 is 0 Å². The zero-order chi connectivity index (χ0) is 17.1. The Hall–Kier alpha value is -2.42. The van der Waals surface area contributed by atoms with Crippen LogP contribution in [0.1, 0.15) is 33.8 Å². The predicted molar refractivity (Wildman–Crippen MR) is 72.0 cm³/mol. The van der Waals surface area contributed by atoms with E-state index in [0.717, 1.165) is 4.79 Å². The first kappa shape index (κ1) is 15.5. The molecule has 0 spiro atoms. The third-order valence-electron chi connectivity index (χ3n) is 3.72. The number of fused-ring (bicyclic) bond motifs is 4. The van der Waals surface area contributed by atoms with E-state index in [1.165, 1.54) is 4.90 Å². The van der Waals surface area contributed by atoms with E-state index in [1.807, 2.05) is 0 Å². The van der Waals surface area contributed by atoms with Gasteiger partial charge in [0.25, 0.3) is 5.91 Å². The van der Waals surface area contributed by atoms with Gasteiger partial charge in [0.05, 0.1) is 18.3 Å². The second-order valence-corrected chi connectivity index (χ2v) is 5.99. The molecule has 3 rings (SSSR count). The maximum atomic E-state index is 12.3. The van der Waals surface area contributed by atoms with Crippen molar-refractivity contribution < 1.29 is 26.8 Å². The molecule has 1 saturated heterocycles. The highest BCUT2D eigenvalue weighted by Gasteiger charge is 2.53. The summed E-state index contributed by atoms with van der Waals surface area (Å²) in [5.74, 6) is 4.69. The Morgan fingerprint density at radius 3 is 2.65 bits per heavy atom. The lowest BCUT2D eigenvalue weighted by molar-refractivity contribution is -0.0318. The van der Waals surface area contributed by atoms with Gasteiger partial charge in [0, 0.05) is 12.1 Å². The number of amides is 3. The molecule has 0 aliphatic carbocycles. The number of carbonyl (C=O) groups is 2. The monoisotopic (exact) mass is 347 g/mol. The SMILES string of the molecule is NC[C@@H]1c2nn(N)c(C(N)=O)c2[C@H]2CN1C(=O)N2OS(=O)(=O)O. The van der Waals surface area contributed by atoms with Crippen molar-refractivity contribution in [1.29, 1.82) is 0 Å². The topological polar surface area (TPSA) is 200 Å². The number of nitrogens with zero attached hydrogens (tertiary/aromatic N) is 4. The van der Waals surface area contributed by atoms with E-state index in [2.05, 4.69) is 9.38 Å². The van der Waals surface area contributed by atoms with Crippen LogP contribution in [0.15, 0.2) is 0 Å². The van der Waals surface area contributed by atoms with Crippen molar-refractivity contribution in [3.05, 3.63) is 17.0 Å². The van der Waals surface area contributed by atoms with E-state index < -0.39 is 34.4 Å². The van der Waals surface area contributed by atoms with Gasteiger partial charge in [-0.1, -0.05) is 0 Å². The fourth-order valence-corrected chi connectivity index (χ4v) is 3.29. The van der Waals surface area contributed by atoms with E-state index in [-0.39, 0.29) is 30.0 Å². The summed E-state index contributed by atoms with van der Waals surface area (Å²) in [5.41, 5.74) is 11.1. The van der Waals surface area contributed by atoms with Crippen LogP contribution in [-0.2, 0) is 14.7 Å². The molecule has 2 aliphatic heterocycles. The zero-order valence-electron chi connectivity index (χ0n) is 11.5. The quantitative estimate of drug-likeness (QED) is 0.328. The molecule has 3 heterocycles. The summed E-state index contributed by atoms with van der Waals surface area (Å²) in [4.78, 5) is 25.9. The maximum Gasteiger partial charge on any atom is 0.418 e. The highest BCUT2D eigenvalue weighted by atomic mass is 32.3. The van der Waals surface area contributed by atoms with Crippen molar-refractivity contribution in [2.75, 3.05) is 18.9 Å². The summed E-state index contributed by atoms with van der Waals surface area (Å²) in [6.07, 6.45) is 0. The van der Waals surface area contributed by atoms with Crippen LogP contribution in [0.4, 0.5) is 4.79 Å². The third-order valence-corrected chi connectivity index (χ3v) is 4.07. The van der Waals surface area contributed by atoms with Gasteiger partial charge in [-0.15, -0.1) is 4.28 Å². The number of rotatable bonds is 4. The minimum absolute atomic E-state index is 0.0325. The number of nitrogen functional groups attached to an aromatic ring is 1. The Morgan fingerprint density at radius 1 is 1.48 bits per heavy atom. The average Bonchev–Trinajstić information content (AvgIpc) is 2.89. The number of primary amides is 1.